The number of benzene rings is 3. The Morgan fingerprint density at radius 2 is 1.92 bits per heavy atom. The van der Waals surface area contributed by atoms with Gasteiger partial charge in [-0.1, -0.05) is 29.8 Å². The molecule has 0 N–H and O–H groups in total. The second-order valence-electron chi connectivity index (χ2n) is 10.0. The number of hydrogen-bond donors (Lipinski definition) is 0. The van der Waals surface area contributed by atoms with Gasteiger partial charge in [-0.05, 0) is 78.6 Å². The van der Waals surface area contributed by atoms with E-state index in [0.717, 1.165) is 75.9 Å². The van der Waals surface area contributed by atoms with E-state index in [4.69, 9.17) is 21.3 Å². The van der Waals surface area contributed by atoms with Crippen molar-refractivity contribution in [2.75, 3.05) is 0 Å². The van der Waals surface area contributed by atoms with Crippen LogP contribution in [-0.4, -0.2) is 9.55 Å². The highest BCUT2D eigenvalue weighted by atomic mass is 35.5. The fourth-order valence-electron chi connectivity index (χ4n) is 5.38. The molecule has 178 valence electrons. The topological polar surface area (TPSA) is 50.8 Å². The Bertz CT molecular complexity index is 1620. The van der Waals surface area contributed by atoms with Crippen molar-refractivity contribution < 1.29 is 9.13 Å². The lowest BCUT2D eigenvalue weighted by atomic mass is 9.88. The van der Waals surface area contributed by atoms with Crippen LogP contribution in [0, 0.1) is 23.1 Å². The van der Waals surface area contributed by atoms with Crippen molar-refractivity contribution in [1.29, 1.82) is 5.26 Å². The average molecular weight is 496 g/mol. The van der Waals surface area contributed by atoms with Gasteiger partial charge in [-0.15, -0.1) is 0 Å². The van der Waals surface area contributed by atoms with E-state index < -0.39 is 0 Å². The van der Waals surface area contributed by atoms with Crippen LogP contribution in [0.25, 0.3) is 16.6 Å². The third kappa shape index (κ3) is 3.60. The van der Waals surface area contributed by atoms with Gasteiger partial charge in [0.2, 0.25) is 0 Å². The Labute approximate surface area is 213 Å². The smallest absolute Gasteiger partial charge is 0.130 e. The van der Waals surface area contributed by atoms with Gasteiger partial charge in [0.25, 0.3) is 0 Å². The Hall–Kier alpha value is -3.62. The molecule has 0 radical (unpaired) electrons. The van der Waals surface area contributed by atoms with Crippen LogP contribution >= 0.6 is 11.6 Å². The number of para-hydroxylation sites is 1. The minimum atomic E-state index is -0.345. The monoisotopic (exact) mass is 495 g/mol. The van der Waals surface area contributed by atoms with E-state index in [1.54, 1.807) is 6.07 Å². The molecule has 0 unspecified atom stereocenters. The SMILES string of the molecule is N#CC(=C1c2ccc(Cn3c(C4CC4)nc4c(Cl)cccc43)cc2COc2cc(F)ccc21)C1CC1. The van der Waals surface area contributed by atoms with Gasteiger partial charge in [0, 0.05) is 35.2 Å². The van der Waals surface area contributed by atoms with Crippen LogP contribution in [0.15, 0.2) is 60.2 Å². The van der Waals surface area contributed by atoms with Crippen molar-refractivity contribution in [1.82, 2.24) is 9.55 Å². The Morgan fingerprint density at radius 3 is 2.69 bits per heavy atom. The minimum Gasteiger partial charge on any atom is -0.488 e. The molecule has 0 saturated heterocycles. The molecule has 2 heterocycles. The molecule has 6 heteroatoms. The van der Waals surface area contributed by atoms with Gasteiger partial charge in [-0.25, -0.2) is 9.37 Å². The van der Waals surface area contributed by atoms with E-state index in [2.05, 4.69) is 34.9 Å². The van der Waals surface area contributed by atoms with E-state index in [9.17, 15) is 9.65 Å². The largest absolute Gasteiger partial charge is 0.488 e. The molecule has 2 saturated carbocycles. The molecule has 0 atom stereocenters. The Morgan fingerprint density at radius 1 is 1.08 bits per heavy atom. The van der Waals surface area contributed by atoms with Crippen molar-refractivity contribution in [3.63, 3.8) is 0 Å². The van der Waals surface area contributed by atoms with Crippen LogP contribution in [0.4, 0.5) is 4.39 Å². The molecule has 0 bridgehead atoms. The summed E-state index contributed by atoms with van der Waals surface area (Å²) in [7, 11) is 0. The summed E-state index contributed by atoms with van der Waals surface area (Å²) in [6, 6.07) is 19.4. The second kappa shape index (κ2) is 8.21. The minimum absolute atomic E-state index is 0.261. The van der Waals surface area contributed by atoms with Crippen LogP contribution in [0.5, 0.6) is 5.75 Å². The molecule has 7 rings (SSSR count). The summed E-state index contributed by atoms with van der Waals surface area (Å²) >= 11 is 6.48. The molecule has 4 aromatic rings. The van der Waals surface area contributed by atoms with Crippen LogP contribution < -0.4 is 4.74 Å². The fraction of sp³-hybridized carbons (Fsp3) is 0.267. The van der Waals surface area contributed by atoms with Gasteiger partial charge < -0.3 is 9.30 Å². The first-order chi connectivity index (χ1) is 17.6. The van der Waals surface area contributed by atoms with E-state index in [-0.39, 0.29) is 11.7 Å². The third-order valence-corrected chi connectivity index (χ3v) is 7.76. The van der Waals surface area contributed by atoms with E-state index in [1.807, 2.05) is 12.1 Å². The first-order valence-electron chi connectivity index (χ1n) is 12.4. The lowest BCUT2D eigenvalue weighted by molar-refractivity contribution is 0.305. The molecular formula is C30H23ClFN3O. The number of ether oxygens (including phenoxy) is 1. The highest BCUT2D eigenvalue weighted by molar-refractivity contribution is 6.34. The normalized spacial score (nSPS) is 18.1. The van der Waals surface area contributed by atoms with Crippen molar-refractivity contribution in [3.05, 3.63) is 99.1 Å². The number of aromatic nitrogens is 2. The third-order valence-electron chi connectivity index (χ3n) is 7.45. The maximum absolute atomic E-state index is 14.1. The molecule has 3 aromatic carbocycles. The maximum atomic E-state index is 14.1. The second-order valence-corrected chi connectivity index (χ2v) is 10.4. The van der Waals surface area contributed by atoms with E-state index in [0.29, 0.717) is 29.8 Å². The highest BCUT2D eigenvalue weighted by Crippen LogP contribution is 2.46. The molecule has 2 aliphatic carbocycles. The summed E-state index contributed by atoms with van der Waals surface area (Å²) in [6.07, 6.45) is 4.33. The standard InChI is InChI=1S/C30H23ClFN3O/c31-25-2-1-3-26-29(25)34-30(19-7-8-19)35(26)15-17-4-10-22-20(12-17)16-36-27-13-21(32)9-11-23(27)28(22)24(14-33)18-5-6-18/h1-4,9-13,18-19H,5-8,15-16H2. The zero-order valence-electron chi connectivity index (χ0n) is 19.6. The molecular weight excluding hydrogens is 473 g/mol. The van der Waals surface area contributed by atoms with Crippen molar-refractivity contribution in [2.24, 2.45) is 5.92 Å². The molecule has 1 aromatic heterocycles. The lowest BCUT2D eigenvalue weighted by Crippen LogP contribution is -2.06. The van der Waals surface area contributed by atoms with Crippen molar-refractivity contribution in [2.45, 2.75) is 44.8 Å². The summed E-state index contributed by atoms with van der Waals surface area (Å²) in [4.78, 5) is 4.91. The Balaban J connectivity index is 1.35. The zero-order chi connectivity index (χ0) is 24.4. The number of fused-ring (bicyclic) bond motifs is 3. The van der Waals surface area contributed by atoms with E-state index in [1.165, 1.54) is 12.1 Å². The quantitative estimate of drug-likeness (QED) is 0.277. The van der Waals surface area contributed by atoms with Crippen LogP contribution in [0.2, 0.25) is 5.02 Å². The predicted octanol–water partition coefficient (Wildman–Crippen LogP) is 7.38. The van der Waals surface area contributed by atoms with Crippen LogP contribution in [0.1, 0.15) is 59.7 Å². The van der Waals surface area contributed by atoms with Gasteiger partial charge in [0.05, 0.1) is 16.6 Å². The first kappa shape index (κ1) is 21.6. The van der Waals surface area contributed by atoms with E-state index >= 15 is 0 Å². The number of hydrogen-bond acceptors (Lipinski definition) is 3. The molecule has 4 nitrogen and oxygen atoms in total. The number of halogens is 2. The molecule has 0 amide bonds. The molecule has 3 aliphatic rings. The summed E-state index contributed by atoms with van der Waals surface area (Å²) in [5.74, 6) is 1.98. The summed E-state index contributed by atoms with van der Waals surface area (Å²) in [5, 5.41) is 10.8. The molecule has 0 spiro atoms. The fourth-order valence-corrected chi connectivity index (χ4v) is 5.59. The number of allylic oxidation sites excluding steroid dienone is 1. The van der Waals surface area contributed by atoms with Crippen molar-refractivity contribution >= 4 is 28.2 Å². The number of nitriles is 1. The lowest BCUT2D eigenvalue weighted by Gasteiger charge is -2.15. The first-order valence-corrected chi connectivity index (χ1v) is 12.8. The van der Waals surface area contributed by atoms with Crippen molar-refractivity contribution in [3.8, 4) is 11.8 Å². The zero-order valence-corrected chi connectivity index (χ0v) is 20.4. The maximum Gasteiger partial charge on any atom is 0.130 e. The summed E-state index contributed by atoms with van der Waals surface area (Å²) < 4.78 is 22.5. The van der Waals surface area contributed by atoms with Gasteiger partial charge in [0.1, 0.15) is 29.5 Å². The van der Waals surface area contributed by atoms with Gasteiger partial charge in [0.15, 0.2) is 0 Å². The molecule has 1 aliphatic heterocycles. The highest BCUT2D eigenvalue weighted by Gasteiger charge is 2.33. The van der Waals surface area contributed by atoms with Gasteiger partial charge in [-0.2, -0.15) is 5.26 Å². The predicted molar refractivity (Wildman–Crippen MR) is 137 cm³/mol. The number of imidazole rings is 1. The van der Waals surface area contributed by atoms with Gasteiger partial charge in [-0.3, -0.25) is 0 Å². The van der Waals surface area contributed by atoms with Crippen LogP contribution in [0.3, 0.4) is 0 Å². The Kier molecular flexibility index (Phi) is 4.94. The summed E-state index contributed by atoms with van der Waals surface area (Å²) in [5.41, 5.74) is 7.46. The average Bonchev–Trinajstić information content (AvgIpc) is 3.80. The van der Waals surface area contributed by atoms with Gasteiger partial charge >= 0.3 is 0 Å². The number of rotatable bonds is 4. The molecule has 36 heavy (non-hydrogen) atoms. The summed E-state index contributed by atoms with van der Waals surface area (Å²) in [6.45, 7) is 0.989. The molecule has 2 fully saturated rings. The van der Waals surface area contributed by atoms with Crippen LogP contribution in [-0.2, 0) is 13.2 Å². The number of nitrogens with zero attached hydrogens (tertiary/aromatic N) is 3.